The SMILES string of the molecule is CCN(Cc1cccc2c1OCCO2)C(=O)c1cc2ccccc2cc1OCc1c(C)noc1C. The van der Waals surface area contributed by atoms with E-state index in [2.05, 4.69) is 5.16 Å². The minimum atomic E-state index is -0.110. The second kappa shape index (κ2) is 9.70. The van der Waals surface area contributed by atoms with Gasteiger partial charge in [0, 0.05) is 18.7 Å². The average molecular weight is 473 g/mol. The number of ether oxygens (including phenoxy) is 3. The Kier molecular flexibility index (Phi) is 6.31. The first kappa shape index (κ1) is 22.8. The Morgan fingerprint density at radius 2 is 1.80 bits per heavy atom. The van der Waals surface area contributed by atoms with Crippen LogP contribution in [0.5, 0.6) is 17.2 Å². The zero-order valence-corrected chi connectivity index (χ0v) is 20.2. The van der Waals surface area contributed by atoms with Crippen LogP contribution in [0.2, 0.25) is 0 Å². The Morgan fingerprint density at radius 1 is 1.03 bits per heavy atom. The first-order valence-electron chi connectivity index (χ1n) is 11.8. The Hall–Kier alpha value is -4.00. The van der Waals surface area contributed by atoms with Crippen LogP contribution in [0.15, 0.2) is 59.1 Å². The molecule has 0 aliphatic carbocycles. The summed E-state index contributed by atoms with van der Waals surface area (Å²) in [6.45, 7) is 7.92. The summed E-state index contributed by atoms with van der Waals surface area (Å²) in [5.41, 5.74) is 3.09. The van der Waals surface area contributed by atoms with Crippen molar-refractivity contribution in [2.24, 2.45) is 0 Å². The van der Waals surface area contributed by atoms with Crippen molar-refractivity contribution >= 4 is 16.7 Å². The van der Waals surface area contributed by atoms with Crippen LogP contribution in [0, 0.1) is 13.8 Å². The third-order valence-electron chi connectivity index (χ3n) is 6.31. The van der Waals surface area contributed by atoms with Gasteiger partial charge in [-0.25, -0.2) is 0 Å². The summed E-state index contributed by atoms with van der Waals surface area (Å²) in [5.74, 6) is 2.55. The van der Waals surface area contributed by atoms with Crippen LogP contribution in [0.3, 0.4) is 0 Å². The van der Waals surface area contributed by atoms with Crippen LogP contribution in [-0.4, -0.2) is 35.7 Å². The number of aryl methyl sites for hydroxylation is 2. The highest BCUT2D eigenvalue weighted by atomic mass is 16.6. The van der Waals surface area contributed by atoms with Gasteiger partial charge in [-0.1, -0.05) is 41.6 Å². The quantitative estimate of drug-likeness (QED) is 0.356. The summed E-state index contributed by atoms with van der Waals surface area (Å²) in [7, 11) is 0. The molecule has 1 amide bonds. The molecule has 35 heavy (non-hydrogen) atoms. The summed E-state index contributed by atoms with van der Waals surface area (Å²) >= 11 is 0. The molecule has 0 saturated carbocycles. The number of fused-ring (bicyclic) bond motifs is 2. The van der Waals surface area contributed by atoms with Crippen LogP contribution < -0.4 is 14.2 Å². The van der Waals surface area contributed by atoms with E-state index in [9.17, 15) is 4.79 Å². The van der Waals surface area contributed by atoms with Gasteiger partial charge in [0.25, 0.3) is 5.91 Å². The fourth-order valence-corrected chi connectivity index (χ4v) is 4.33. The molecule has 3 aromatic carbocycles. The van der Waals surface area contributed by atoms with Crippen molar-refractivity contribution in [1.82, 2.24) is 10.1 Å². The minimum absolute atomic E-state index is 0.110. The van der Waals surface area contributed by atoms with Gasteiger partial charge in [0.05, 0.1) is 16.8 Å². The summed E-state index contributed by atoms with van der Waals surface area (Å²) < 4.78 is 23.1. The van der Waals surface area contributed by atoms with Crippen LogP contribution >= 0.6 is 0 Å². The molecule has 0 spiro atoms. The molecule has 180 valence electrons. The Labute approximate surface area is 204 Å². The van der Waals surface area contributed by atoms with Crippen molar-refractivity contribution in [3.05, 3.63) is 82.7 Å². The lowest BCUT2D eigenvalue weighted by Crippen LogP contribution is -2.31. The zero-order chi connectivity index (χ0) is 24.4. The number of nitrogens with zero attached hydrogens (tertiary/aromatic N) is 2. The normalized spacial score (nSPS) is 12.5. The summed E-state index contributed by atoms with van der Waals surface area (Å²) in [6, 6.07) is 17.6. The molecule has 0 fully saturated rings. The molecule has 1 aliphatic rings. The Balaban J connectivity index is 1.48. The number of rotatable bonds is 7. The average Bonchev–Trinajstić information content (AvgIpc) is 3.21. The number of aromatic nitrogens is 1. The van der Waals surface area contributed by atoms with E-state index < -0.39 is 0 Å². The van der Waals surface area contributed by atoms with Gasteiger partial charge < -0.3 is 23.6 Å². The van der Waals surface area contributed by atoms with Crippen molar-refractivity contribution in [2.45, 2.75) is 33.9 Å². The number of benzene rings is 3. The molecule has 7 heteroatoms. The predicted octanol–water partition coefficient (Wildman–Crippen LogP) is 5.46. The van der Waals surface area contributed by atoms with E-state index in [1.807, 2.05) is 75.4 Å². The lowest BCUT2D eigenvalue weighted by molar-refractivity contribution is 0.0744. The smallest absolute Gasteiger partial charge is 0.257 e. The Morgan fingerprint density at radius 3 is 2.54 bits per heavy atom. The van der Waals surface area contributed by atoms with Crippen LogP contribution in [-0.2, 0) is 13.2 Å². The maximum atomic E-state index is 13.9. The molecule has 1 aromatic heterocycles. The second-order valence-electron chi connectivity index (χ2n) is 8.55. The van der Waals surface area contributed by atoms with Gasteiger partial charge in [0.2, 0.25) is 0 Å². The highest BCUT2D eigenvalue weighted by molar-refractivity contribution is 6.01. The lowest BCUT2D eigenvalue weighted by Gasteiger charge is -2.26. The van der Waals surface area contributed by atoms with Crippen molar-refractivity contribution in [2.75, 3.05) is 19.8 Å². The second-order valence-corrected chi connectivity index (χ2v) is 8.55. The van der Waals surface area contributed by atoms with Gasteiger partial charge in [-0.15, -0.1) is 0 Å². The maximum absolute atomic E-state index is 13.9. The largest absolute Gasteiger partial charge is 0.488 e. The summed E-state index contributed by atoms with van der Waals surface area (Å²) in [6.07, 6.45) is 0. The molecule has 0 N–H and O–H groups in total. The van der Waals surface area contributed by atoms with E-state index >= 15 is 0 Å². The van der Waals surface area contributed by atoms with E-state index in [0.717, 1.165) is 27.6 Å². The minimum Gasteiger partial charge on any atom is -0.488 e. The van der Waals surface area contributed by atoms with Crippen LogP contribution in [0.1, 0.15) is 39.9 Å². The lowest BCUT2D eigenvalue weighted by atomic mass is 10.0. The molecule has 0 atom stereocenters. The van der Waals surface area contributed by atoms with E-state index in [-0.39, 0.29) is 12.5 Å². The first-order valence-corrected chi connectivity index (χ1v) is 11.8. The summed E-state index contributed by atoms with van der Waals surface area (Å²) in [5, 5.41) is 5.99. The highest BCUT2D eigenvalue weighted by Crippen LogP contribution is 2.35. The van der Waals surface area contributed by atoms with Gasteiger partial charge in [0.15, 0.2) is 11.5 Å². The molecule has 2 heterocycles. The molecule has 0 radical (unpaired) electrons. The monoisotopic (exact) mass is 472 g/mol. The van der Waals surface area contributed by atoms with E-state index in [0.29, 0.717) is 54.9 Å². The number of hydrogen-bond acceptors (Lipinski definition) is 6. The maximum Gasteiger partial charge on any atom is 0.257 e. The van der Waals surface area contributed by atoms with Gasteiger partial charge in [0.1, 0.15) is 31.3 Å². The molecule has 0 saturated heterocycles. The number of amides is 1. The van der Waals surface area contributed by atoms with E-state index in [4.69, 9.17) is 18.7 Å². The third-order valence-corrected chi connectivity index (χ3v) is 6.31. The molecule has 4 aromatic rings. The number of hydrogen-bond donors (Lipinski definition) is 0. The van der Waals surface area contributed by atoms with Gasteiger partial charge >= 0.3 is 0 Å². The Bertz CT molecular complexity index is 1360. The number of carbonyl (C=O) groups is 1. The van der Waals surface area contributed by atoms with Crippen molar-refractivity contribution in [3.63, 3.8) is 0 Å². The van der Waals surface area contributed by atoms with Crippen molar-refractivity contribution < 1.29 is 23.5 Å². The number of carbonyl (C=O) groups excluding carboxylic acids is 1. The molecular formula is C28H28N2O5. The predicted molar refractivity (Wildman–Crippen MR) is 132 cm³/mol. The van der Waals surface area contributed by atoms with Gasteiger partial charge in [-0.05, 0) is 49.7 Å². The fourth-order valence-electron chi connectivity index (χ4n) is 4.33. The van der Waals surface area contributed by atoms with E-state index in [1.165, 1.54) is 0 Å². The topological polar surface area (TPSA) is 74.0 Å². The van der Waals surface area contributed by atoms with Crippen molar-refractivity contribution in [3.8, 4) is 17.2 Å². The highest BCUT2D eigenvalue weighted by Gasteiger charge is 2.24. The molecule has 0 unspecified atom stereocenters. The summed E-state index contributed by atoms with van der Waals surface area (Å²) in [4.78, 5) is 15.6. The molecule has 1 aliphatic heterocycles. The first-order chi connectivity index (χ1) is 17.0. The van der Waals surface area contributed by atoms with Crippen molar-refractivity contribution in [1.29, 1.82) is 0 Å². The van der Waals surface area contributed by atoms with Crippen LogP contribution in [0.4, 0.5) is 0 Å². The van der Waals surface area contributed by atoms with Crippen LogP contribution in [0.25, 0.3) is 10.8 Å². The molecule has 7 nitrogen and oxygen atoms in total. The molecular weight excluding hydrogens is 444 g/mol. The zero-order valence-electron chi connectivity index (χ0n) is 20.2. The molecule has 0 bridgehead atoms. The fraction of sp³-hybridized carbons (Fsp3) is 0.286. The van der Waals surface area contributed by atoms with Gasteiger partial charge in [-0.3, -0.25) is 4.79 Å². The van der Waals surface area contributed by atoms with Gasteiger partial charge in [-0.2, -0.15) is 0 Å². The molecule has 5 rings (SSSR count). The standard InChI is InChI=1S/C28H28N2O5/c1-4-30(16-22-10-7-11-25-27(22)33-13-12-32-25)28(31)23-14-20-8-5-6-9-21(20)15-26(23)34-17-24-18(2)29-35-19(24)3/h5-11,14-15H,4,12-13,16-17H2,1-3H3. The van der Waals surface area contributed by atoms with E-state index in [1.54, 1.807) is 4.90 Å². The number of para-hydroxylation sites is 1. The third kappa shape index (κ3) is 4.54.